The highest BCUT2D eigenvalue weighted by atomic mass is 32.2. The van der Waals surface area contributed by atoms with Crippen LogP contribution < -0.4 is 5.14 Å². The summed E-state index contributed by atoms with van der Waals surface area (Å²) in [5.74, 6) is 0. The van der Waals surface area contributed by atoms with Gasteiger partial charge in [0.05, 0.1) is 23.6 Å². The molecule has 0 aliphatic rings. The van der Waals surface area contributed by atoms with E-state index in [0.717, 1.165) is 5.69 Å². The van der Waals surface area contributed by atoms with Crippen LogP contribution in [0.4, 0.5) is 0 Å². The lowest BCUT2D eigenvalue weighted by Gasteiger charge is -2.02. The molecule has 0 spiro atoms. The van der Waals surface area contributed by atoms with E-state index < -0.39 is 10.0 Å². The van der Waals surface area contributed by atoms with E-state index in [9.17, 15) is 8.42 Å². The van der Waals surface area contributed by atoms with Crippen molar-refractivity contribution in [2.24, 2.45) is 12.2 Å². The van der Waals surface area contributed by atoms with Crippen molar-refractivity contribution in [3.05, 3.63) is 29.3 Å². The van der Waals surface area contributed by atoms with Crippen LogP contribution >= 0.6 is 0 Å². The van der Waals surface area contributed by atoms with Crippen molar-refractivity contribution in [1.29, 1.82) is 0 Å². The van der Waals surface area contributed by atoms with E-state index in [0.29, 0.717) is 17.9 Å². The summed E-state index contributed by atoms with van der Waals surface area (Å²) in [6.07, 6.45) is 1.82. The van der Waals surface area contributed by atoms with E-state index in [4.69, 9.17) is 5.14 Å². The summed E-state index contributed by atoms with van der Waals surface area (Å²) >= 11 is 0. The summed E-state index contributed by atoms with van der Waals surface area (Å²) in [4.78, 5) is 0.0958. The largest absolute Gasteiger partial charge is 0.275 e. The highest BCUT2D eigenvalue weighted by molar-refractivity contribution is 7.89. The monoisotopic (exact) mass is 269 g/mol. The molecule has 0 amide bonds. The fourth-order valence-electron chi connectivity index (χ4n) is 1.95. The number of hydrogen-bond acceptors (Lipinski definition) is 4. The second-order valence-electron chi connectivity index (χ2n) is 4.18. The van der Waals surface area contributed by atoms with Crippen LogP contribution in [-0.2, 0) is 23.6 Å². The predicted molar refractivity (Wildman–Crippen MR) is 65.4 cm³/mol. The molecule has 0 saturated heterocycles. The first kappa shape index (κ1) is 12.8. The van der Waals surface area contributed by atoms with Crippen LogP contribution in [0.25, 0.3) is 0 Å². The van der Waals surface area contributed by atoms with Gasteiger partial charge in [0.25, 0.3) is 0 Å². The number of aryl methyl sites for hydroxylation is 2. The maximum absolute atomic E-state index is 11.4. The summed E-state index contributed by atoms with van der Waals surface area (Å²) in [7, 11) is -1.92. The predicted octanol–water partition coefficient (Wildman–Crippen LogP) is -0.0709. The first-order chi connectivity index (χ1) is 8.29. The highest BCUT2D eigenvalue weighted by Crippen LogP contribution is 2.18. The van der Waals surface area contributed by atoms with Crippen molar-refractivity contribution in [3.63, 3.8) is 0 Å². The van der Waals surface area contributed by atoms with Gasteiger partial charge in [-0.15, -0.1) is 0 Å². The minimum absolute atomic E-state index is 0.0958. The molecule has 8 heteroatoms. The zero-order valence-electron chi connectivity index (χ0n) is 10.5. The number of nitrogens with zero attached hydrogens (tertiary/aromatic N) is 4. The van der Waals surface area contributed by atoms with Gasteiger partial charge in [0, 0.05) is 13.2 Å². The molecule has 2 aromatic heterocycles. The second-order valence-corrected chi connectivity index (χ2v) is 5.68. The molecule has 0 radical (unpaired) electrons. The molecule has 7 nitrogen and oxygen atoms in total. The molecule has 0 atom stereocenters. The topological polar surface area (TPSA) is 95.8 Å². The molecule has 2 N–H and O–H groups in total. The molecular weight excluding hydrogens is 254 g/mol. The van der Waals surface area contributed by atoms with Gasteiger partial charge < -0.3 is 0 Å². The minimum Gasteiger partial charge on any atom is -0.275 e. The van der Waals surface area contributed by atoms with Crippen LogP contribution in [0.2, 0.25) is 0 Å². The van der Waals surface area contributed by atoms with Crippen LogP contribution in [0.3, 0.4) is 0 Å². The molecule has 2 rings (SSSR count). The molecule has 0 aromatic carbocycles. The average Bonchev–Trinajstić information content (AvgIpc) is 2.71. The Kier molecular flexibility index (Phi) is 2.99. The summed E-state index contributed by atoms with van der Waals surface area (Å²) < 4.78 is 26.2. The third-order valence-corrected chi connectivity index (χ3v) is 3.84. The van der Waals surface area contributed by atoms with E-state index in [2.05, 4.69) is 10.2 Å². The van der Waals surface area contributed by atoms with Gasteiger partial charge in [0.2, 0.25) is 10.0 Å². The molecule has 18 heavy (non-hydrogen) atoms. The smallest absolute Gasteiger partial charge is 0.241 e. The molecule has 98 valence electrons. The molecule has 0 bridgehead atoms. The highest BCUT2D eigenvalue weighted by Gasteiger charge is 2.21. The van der Waals surface area contributed by atoms with Crippen LogP contribution in [0.5, 0.6) is 0 Å². The number of hydrogen-bond donors (Lipinski definition) is 1. The lowest BCUT2D eigenvalue weighted by molar-refractivity contribution is 0.595. The normalized spacial score (nSPS) is 12.0. The number of rotatable bonds is 3. The van der Waals surface area contributed by atoms with Gasteiger partial charge in [0.15, 0.2) is 0 Å². The molecule has 0 unspecified atom stereocenters. The van der Waals surface area contributed by atoms with Crippen LogP contribution in [0.15, 0.2) is 17.2 Å². The summed E-state index contributed by atoms with van der Waals surface area (Å²) in [6.45, 7) is 3.73. The number of nitrogens with two attached hydrogens (primary N) is 1. The standard InChI is InChI=1S/C10H15N5O2S/c1-7-10(18(11,16)17)8(2)15(12-7)6-9-4-5-14(3)13-9/h4-5H,6H2,1-3H3,(H2,11,16,17). The van der Waals surface area contributed by atoms with Gasteiger partial charge in [-0.2, -0.15) is 10.2 Å². The Bertz CT molecular complexity index is 683. The number of primary sulfonamides is 1. The van der Waals surface area contributed by atoms with Crippen molar-refractivity contribution >= 4 is 10.0 Å². The molecule has 0 fully saturated rings. The summed E-state index contributed by atoms with van der Waals surface area (Å²) in [5.41, 5.74) is 1.75. The summed E-state index contributed by atoms with van der Waals surface area (Å²) in [6, 6.07) is 1.85. The Morgan fingerprint density at radius 1 is 1.33 bits per heavy atom. The fourth-order valence-corrected chi connectivity index (χ4v) is 2.92. The Morgan fingerprint density at radius 3 is 2.44 bits per heavy atom. The Labute approximate surface area is 105 Å². The van der Waals surface area contributed by atoms with Gasteiger partial charge in [0.1, 0.15) is 4.90 Å². The van der Waals surface area contributed by atoms with E-state index in [-0.39, 0.29) is 4.90 Å². The van der Waals surface area contributed by atoms with Crippen LogP contribution in [0.1, 0.15) is 17.1 Å². The van der Waals surface area contributed by atoms with E-state index in [1.54, 1.807) is 23.2 Å². The number of sulfonamides is 1. The van der Waals surface area contributed by atoms with E-state index >= 15 is 0 Å². The lowest BCUT2D eigenvalue weighted by Crippen LogP contribution is -2.14. The Hall–Kier alpha value is -1.67. The van der Waals surface area contributed by atoms with Crippen LogP contribution in [-0.4, -0.2) is 28.0 Å². The zero-order chi connectivity index (χ0) is 13.5. The fraction of sp³-hybridized carbons (Fsp3) is 0.400. The van der Waals surface area contributed by atoms with E-state index in [1.165, 1.54) is 0 Å². The quantitative estimate of drug-likeness (QED) is 0.843. The van der Waals surface area contributed by atoms with Crippen LogP contribution in [0, 0.1) is 13.8 Å². The van der Waals surface area contributed by atoms with Crippen molar-refractivity contribution in [2.75, 3.05) is 0 Å². The van der Waals surface area contributed by atoms with Gasteiger partial charge in [-0.3, -0.25) is 9.36 Å². The third-order valence-electron chi connectivity index (χ3n) is 2.68. The SMILES string of the molecule is Cc1nn(Cc2ccn(C)n2)c(C)c1S(N)(=O)=O. The average molecular weight is 269 g/mol. The Morgan fingerprint density at radius 2 is 2.00 bits per heavy atom. The summed E-state index contributed by atoms with van der Waals surface area (Å²) in [5, 5.41) is 13.6. The molecule has 0 aliphatic carbocycles. The van der Waals surface area contributed by atoms with Gasteiger partial charge in [-0.05, 0) is 19.9 Å². The van der Waals surface area contributed by atoms with Gasteiger partial charge in [-0.25, -0.2) is 13.6 Å². The maximum atomic E-state index is 11.4. The molecular formula is C10H15N5O2S. The van der Waals surface area contributed by atoms with Gasteiger partial charge in [-0.1, -0.05) is 0 Å². The number of aromatic nitrogens is 4. The van der Waals surface area contributed by atoms with E-state index in [1.807, 2.05) is 19.3 Å². The first-order valence-corrected chi connectivity index (χ1v) is 6.89. The molecule has 0 saturated carbocycles. The minimum atomic E-state index is -3.74. The maximum Gasteiger partial charge on any atom is 0.241 e. The van der Waals surface area contributed by atoms with Crippen molar-refractivity contribution < 1.29 is 8.42 Å². The molecule has 2 heterocycles. The van der Waals surface area contributed by atoms with Crippen molar-refractivity contribution in [3.8, 4) is 0 Å². The van der Waals surface area contributed by atoms with Crippen molar-refractivity contribution in [1.82, 2.24) is 19.6 Å². The van der Waals surface area contributed by atoms with Crippen molar-refractivity contribution in [2.45, 2.75) is 25.3 Å². The molecule has 0 aliphatic heterocycles. The molecule has 2 aromatic rings. The third kappa shape index (κ3) is 2.29. The lowest BCUT2D eigenvalue weighted by atomic mass is 10.4. The second kappa shape index (κ2) is 4.21. The van der Waals surface area contributed by atoms with Gasteiger partial charge >= 0.3 is 0 Å². The zero-order valence-corrected chi connectivity index (χ0v) is 11.3. The Balaban J connectivity index is 2.42. The first-order valence-electron chi connectivity index (χ1n) is 5.34.